The van der Waals surface area contributed by atoms with Gasteiger partial charge in [0.15, 0.2) is 0 Å². The summed E-state index contributed by atoms with van der Waals surface area (Å²) in [5.41, 5.74) is 1.45. The highest BCUT2D eigenvalue weighted by atomic mass is 16.6. The molecule has 0 fully saturated rings. The standard InChI is InChI=1S/C25H28N2O9/c28-21(26-19(23(31)32)12-14-22(29)30)13-11-20(24(33)35-15-17-7-3-1-4-8-17)27-25(34)36-16-18-9-5-2-6-10-18/h1-10,19-20H,11-16H2,(H,26,28)(H,27,34)(H,29,30)(H,31,32). The van der Waals surface area contributed by atoms with Crippen LogP contribution in [0, 0.1) is 0 Å². The Hall–Kier alpha value is -4.41. The Morgan fingerprint density at radius 3 is 1.75 bits per heavy atom. The number of carbonyl (C=O) groups is 5. The van der Waals surface area contributed by atoms with Crippen LogP contribution in [0.2, 0.25) is 0 Å². The molecule has 0 aliphatic heterocycles. The molecule has 0 spiro atoms. The van der Waals surface area contributed by atoms with Crippen molar-refractivity contribution in [2.24, 2.45) is 0 Å². The molecule has 0 radical (unpaired) electrons. The summed E-state index contributed by atoms with van der Waals surface area (Å²) >= 11 is 0. The normalized spacial score (nSPS) is 12.0. The summed E-state index contributed by atoms with van der Waals surface area (Å²) in [7, 11) is 0. The Kier molecular flexibility index (Phi) is 11.4. The molecular weight excluding hydrogens is 472 g/mol. The number of carbonyl (C=O) groups excluding carboxylic acids is 3. The quantitative estimate of drug-likeness (QED) is 0.284. The minimum atomic E-state index is -1.40. The maximum Gasteiger partial charge on any atom is 0.408 e. The largest absolute Gasteiger partial charge is 0.481 e. The summed E-state index contributed by atoms with van der Waals surface area (Å²) in [6, 6.07) is 15.1. The van der Waals surface area contributed by atoms with E-state index in [1.165, 1.54) is 0 Å². The molecule has 2 aromatic rings. The van der Waals surface area contributed by atoms with E-state index >= 15 is 0 Å². The van der Waals surface area contributed by atoms with Crippen molar-refractivity contribution >= 4 is 29.9 Å². The summed E-state index contributed by atoms with van der Waals surface area (Å²) in [4.78, 5) is 59.2. The minimum Gasteiger partial charge on any atom is -0.481 e. The first kappa shape index (κ1) is 27.8. The van der Waals surface area contributed by atoms with Crippen molar-refractivity contribution < 1.29 is 43.7 Å². The number of nitrogens with one attached hydrogen (secondary N) is 2. The van der Waals surface area contributed by atoms with E-state index in [-0.39, 0.29) is 32.5 Å². The molecule has 0 aromatic heterocycles. The van der Waals surface area contributed by atoms with E-state index in [4.69, 9.17) is 14.6 Å². The van der Waals surface area contributed by atoms with Gasteiger partial charge in [0.25, 0.3) is 0 Å². The highest BCUT2D eigenvalue weighted by Gasteiger charge is 2.26. The summed E-state index contributed by atoms with van der Waals surface area (Å²) in [6.45, 7) is -0.0950. The van der Waals surface area contributed by atoms with Crippen molar-refractivity contribution in [3.8, 4) is 0 Å². The molecule has 0 saturated carbocycles. The molecule has 0 aliphatic rings. The van der Waals surface area contributed by atoms with Crippen molar-refractivity contribution in [3.05, 3.63) is 71.8 Å². The van der Waals surface area contributed by atoms with E-state index in [1.807, 2.05) is 6.07 Å². The molecule has 2 unspecified atom stereocenters. The fraction of sp³-hybridized carbons (Fsp3) is 0.320. The third-order valence-corrected chi connectivity index (χ3v) is 4.95. The molecule has 11 heteroatoms. The second-order valence-electron chi connectivity index (χ2n) is 7.78. The number of hydrogen-bond acceptors (Lipinski definition) is 7. The molecule has 0 bridgehead atoms. The van der Waals surface area contributed by atoms with E-state index in [2.05, 4.69) is 10.6 Å². The average Bonchev–Trinajstić information content (AvgIpc) is 2.87. The fourth-order valence-electron chi connectivity index (χ4n) is 3.05. The minimum absolute atomic E-state index is 0.0389. The van der Waals surface area contributed by atoms with Crippen molar-refractivity contribution in [3.63, 3.8) is 0 Å². The second kappa shape index (κ2) is 14.8. The Morgan fingerprint density at radius 1 is 0.694 bits per heavy atom. The molecule has 2 atom stereocenters. The van der Waals surface area contributed by atoms with Gasteiger partial charge < -0.3 is 30.3 Å². The van der Waals surface area contributed by atoms with Crippen LogP contribution >= 0.6 is 0 Å². The Labute approximate surface area is 207 Å². The summed E-state index contributed by atoms with van der Waals surface area (Å²) < 4.78 is 10.4. The number of rotatable bonds is 14. The zero-order valence-electron chi connectivity index (χ0n) is 19.4. The Balaban J connectivity index is 1.96. The highest BCUT2D eigenvalue weighted by Crippen LogP contribution is 2.08. The van der Waals surface area contributed by atoms with Gasteiger partial charge in [-0.15, -0.1) is 0 Å². The molecule has 0 saturated heterocycles. The maximum absolute atomic E-state index is 12.7. The van der Waals surface area contributed by atoms with E-state index in [1.54, 1.807) is 54.6 Å². The van der Waals surface area contributed by atoms with Crippen LogP contribution in [-0.2, 0) is 41.9 Å². The van der Waals surface area contributed by atoms with Gasteiger partial charge in [-0.1, -0.05) is 60.7 Å². The zero-order chi connectivity index (χ0) is 26.3. The van der Waals surface area contributed by atoms with Crippen molar-refractivity contribution in [2.75, 3.05) is 0 Å². The first-order chi connectivity index (χ1) is 17.2. The number of ether oxygens (including phenoxy) is 2. The third kappa shape index (κ3) is 10.7. The van der Waals surface area contributed by atoms with Crippen LogP contribution in [0.15, 0.2) is 60.7 Å². The monoisotopic (exact) mass is 500 g/mol. The van der Waals surface area contributed by atoms with Gasteiger partial charge >= 0.3 is 24.0 Å². The molecule has 192 valence electrons. The van der Waals surface area contributed by atoms with E-state index in [0.717, 1.165) is 11.1 Å². The first-order valence-electron chi connectivity index (χ1n) is 11.2. The van der Waals surface area contributed by atoms with Gasteiger partial charge in [-0.2, -0.15) is 0 Å². The molecule has 11 nitrogen and oxygen atoms in total. The number of alkyl carbamates (subject to hydrolysis) is 1. The lowest BCUT2D eigenvalue weighted by Crippen LogP contribution is -2.44. The molecule has 2 amide bonds. The van der Waals surface area contributed by atoms with Crippen molar-refractivity contribution in [1.29, 1.82) is 0 Å². The number of benzene rings is 2. The van der Waals surface area contributed by atoms with Crippen molar-refractivity contribution in [2.45, 2.75) is 51.0 Å². The predicted molar refractivity (Wildman–Crippen MR) is 125 cm³/mol. The lowest BCUT2D eigenvalue weighted by molar-refractivity contribution is -0.148. The van der Waals surface area contributed by atoms with E-state index in [9.17, 15) is 29.1 Å². The van der Waals surface area contributed by atoms with Gasteiger partial charge in [0.2, 0.25) is 5.91 Å². The van der Waals surface area contributed by atoms with Crippen LogP contribution < -0.4 is 10.6 Å². The Morgan fingerprint density at radius 2 is 1.22 bits per heavy atom. The molecule has 0 heterocycles. The zero-order valence-corrected chi connectivity index (χ0v) is 19.4. The van der Waals surface area contributed by atoms with Gasteiger partial charge in [0.05, 0.1) is 0 Å². The van der Waals surface area contributed by atoms with Gasteiger partial charge in [0, 0.05) is 12.8 Å². The fourth-order valence-corrected chi connectivity index (χ4v) is 3.05. The van der Waals surface area contributed by atoms with E-state index in [0.29, 0.717) is 0 Å². The summed E-state index contributed by atoms with van der Waals surface area (Å²) in [6.07, 6.45) is -2.18. The van der Waals surface area contributed by atoms with Gasteiger partial charge in [0.1, 0.15) is 25.3 Å². The molecule has 36 heavy (non-hydrogen) atoms. The first-order valence-corrected chi connectivity index (χ1v) is 11.2. The number of esters is 1. The van der Waals surface area contributed by atoms with Crippen LogP contribution in [-0.4, -0.2) is 52.2 Å². The SMILES string of the molecule is O=C(O)CCC(NC(=O)CCC(NC(=O)OCc1ccccc1)C(=O)OCc1ccccc1)C(=O)O. The number of hydrogen-bond donors (Lipinski definition) is 4. The van der Waals surface area contributed by atoms with Gasteiger partial charge in [-0.3, -0.25) is 9.59 Å². The van der Waals surface area contributed by atoms with Crippen LogP contribution in [0.3, 0.4) is 0 Å². The number of aliphatic carboxylic acids is 2. The van der Waals surface area contributed by atoms with Crippen LogP contribution in [0.5, 0.6) is 0 Å². The maximum atomic E-state index is 12.7. The Bertz CT molecular complexity index is 1030. The van der Waals surface area contributed by atoms with Crippen LogP contribution in [0.25, 0.3) is 0 Å². The van der Waals surface area contributed by atoms with Gasteiger partial charge in [-0.05, 0) is 24.0 Å². The summed E-state index contributed by atoms with van der Waals surface area (Å²) in [5.74, 6) is -4.11. The van der Waals surface area contributed by atoms with Crippen molar-refractivity contribution in [1.82, 2.24) is 10.6 Å². The predicted octanol–water partition coefficient (Wildman–Crippen LogP) is 2.24. The lowest BCUT2D eigenvalue weighted by atomic mass is 10.1. The molecule has 4 N–H and O–H groups in total. The van der Waals surface area contributed by atoms with Gasteiger partial charge in [-0.25, -0.2) is 14.4 Å². The number of carboxylic acids is 2. The van der Waals surface area contributed by atoms with Crippen LogP contribution in [0.1, 0.15) is 36.8 Å². The molecular formula is C25H28N2O9. The van der Waals surface area contributed by atoms with Crippen LogP contribution in [0.4, 0.5) is 4.79 Å². The lowest BCUT2D eigenvalue weighted by Gasteiger charge is -2.18. The topological polar surface area (TPSA) is 168 Å². The number of amides is 2. The number of carboxylic acid groups (broad SMARTS) is 2. The van der Waals surface area contributed by atoms with E-state index < -0.39 is 48.4 Å². The summed E-state index contributed by atoms with van der Waals surface area (Å²) in [5, 5.41) is 22.5. The highest BCUT2D eigenvalue weighted by molar-refractivity contribution is 5.85. The second-order valence-corrected chi connectivity index (χ2v) is 7.78. The molecule has 2 aromatic carbocycles. The average molecular weight is 501 g/mol. The molecule has 2 rings (SSSR count). The third-order valence-electron chi connectivity index (χ3n) is 4.95. The smallest absolute Gasteiger partial charge is 0.408 e. The molecule has 0 aliphatic carbocycles.